The summed E-state index contributed by atoms with van der Waals surface area (Å²) in [7, 11) is 0. The highest BCUT2D eigenvalue weighted by atomic mass is 16.5. The third-order valence-corrected chi connectivity index (χ3v) is 14.5. The summed E-state index contributed by atoms with van der Waals surface area (Å²) < 4.78 is 16.9. The van der Waals surface area contributed by atoms with Crippen LogP contribution < -0.4 is 52.1 Å². The molecule has 0 aliphatic carbocycles. The summed E-state index contributed by atoms with van der Waals surface area (Å²) in [5.41, 5.74) is 19.3. The molecular weight excluding hydrogens is 816 g/mol. The van der Waals surface area contributed by atoms with E-state index in [2.05, 4.69) is 239 Å². The molecule has 10 aromatic carbocycles. The minimum Gasteiger partial charge on any atom is -0.459 e. The van der Waals surface area contributed by atoms with Gasteiger partial charge in [0.25, 0.3) is 13.4 Å². The van der Waals surface area contributed by atoms with Gasteiger partial charge >= 0.3 is 0 Å². The first-order chi connectivity index (χ1) is 33.3. The normalized spacial score (nSPS) is 13.5. The lowest BCUT2D eigenvalue weighted by Gasteiger charge is -2.46. The van der Waals surface area contributed by atoms with Crippen LogP contribution in [0.25, 0.3) is 38.6 Å². The van der Waals surface area contributed by atoms with Gasteiger partial charge in [0.15, 0.2) is 0 Å². The number of fused-ring (bicyclic) bond motifs is 12. The minimum absolute atomic E-state index is 0.0593. The van der Waals surface area contributed by atoms with Crippen molar-refractivity contribution in [2.75, 3.05) is 9.80 Å². The van der Waals surface area contributed by atoms with Crippen molar-refractivity contribution in [3.63, 3.8) is 0 Å². The largest absolute Gasteiger partial charge is 0.459 e. The molecule has 0 saturated carbocycles. The summed E-state index contributed by atoms with van der Waals surface area (Å²) >= 11 is 0. The van der Waals surface area contributed by atoms with E-state index in [0.29, 0.717) is 0 Å². The molecule has 0 bridgehead atoms. The van der Waals surface area contributed by atoms with E-state index in [1.807, 2.05) is 0 Å². The molecule has 0 spiro atoms. The lowest BCUT2D eigenvalue weighted by Crippen LogP contribution is -2.65. The summed E-state index contributed by atoms with van der Waals surface area (Å²) in [6.07, 6.45) is 0. The summed E-state index contributed by atoms with van der Waals surface area (Å²) in [6, 6.07) is 81.3. The van der Waals surface area contributed by atoms with Gasteiger partial charge in [0.2, 0.25) is 0 Å². The van der Waals surface area contributed by atoms with Crippen molar-refractivity contribution >= 4 is 102 Å². The number of hydrogen-bond donors (Lipinski definition) is 0. The standard InChI is InChI=1S/C60H37B2N3O2/c1-4-18-38(19-5-1)39-32-33-49-44(34-39)43-24-10-14-28-48(43)65(49)42-35-51-57-52(36-42)64(41-22-8-3-9-23-41)53-37-56-59-60(67-55-31-17-13-27-47(55)61(59)46-26-12-16-30-54(46)66-56)58(53)62(57)45-25-11-15-29-50(45)63(51)40-20-6-2-7-21-40/h1-37H. The zero-order valence-electron chi connectivity index (χ0n) is 36.2. The number of ether oxygens (including phenoxy) is 2. The van der Waals surface area contributed by atoms with E-state index >= 15 is 0 Å². The van der Waals surface area contributed by atoms with Gasteiger partial charge in [-0.05, 0) is 111 Å². The van der Waals surface area contributed by atoms with Crippen LogP contribution in [0.2, 0.25) is 0 Å². The number of anilines is 6. The highest BCUT2D eigenvalue weighted by molar-refractivity contribution is 7.03. The summed E-state index contributed by atoms with van der Waals surface area (Å²) in [5.74, 6) is 3.44. The van der Waals surface area contributed by atoms with Gasteiger partial charge in [-0.25, -0.2) is 0 Å². The lowest BCUT2D eigenvalue weighted by molar-refractivity contribution is 0.467. The van der Waals surface area contributed by atoms with Crippen molar-refractivity contribution in [2.45, 2.75) is 0 Å². The Morgan fingerprint density at radius 2 is 0.866 bits per heavy atom. The van der Waals surface area contributed by atoms with E-state index in [0.717, 1.165) is 95.7 Å². The number of benzene rings is 10. The molecule has 15 rings (SSSR count). The molecule has 11 aromatic rings. The van der Waals surface area contributed by atoms with Gasteiger partial charge in [-0.2, -0.15) is 0 Å². The Balaban J connectivity index is 1.07. The fraction of sp³-hybridized carbons (Fsp3) is 0. The van der Waals surface area contributed by atoms with Gasteiger partial charge < -0.3 is 23.8 Å². The molecule has 310 valence electrons. The van der Waals surface area contributed by atoms with Gasteiger partial charge in [-0.15, -0.1) is 0 Å². The molecule has 0 N–H and O–H groups in total. The van der Waals surface area contributed by atoms with Crippen LogP contribution in [0.3, 0.4) is 0 Å². The van der Waals surface area contributed by atoms with Crippen LogP contribution in [0.4, 0.5) is 34.1 Å². The second-order valence-corrected chi connectivity index (χ2v) is 17.9. The number of hydrogen-bond acceptors (Lipinski definition) is 4. The third-order valence-electron chi connectivity index (χ3n) is 14.5. The van der Waals surface area contributed by atoms with Crippen molar-refractivity contribution < 1.29 is 9.47 Å². The maximum Gasteiger partial charge on any atom is 0.260 e. The molecule has 5 nitrogen and oxygen atoms in total. The van der Waals surface area contributed by atoms with Crippen LogP contribution in [0.1, 0.15) is 0 Å². The number of rotatable bonds is 4. The average Bonchev–Trinajstić information content (AvgIpc) is 3.72. The average molecular weight is 854 g/mol. The zero-order valence-corrected chi connectivity index (χ0v) is 36.2. The van der Waals surface area contributed by atoms with Crippen LogP contribution in [-0.2, 0) is 0 Å². The van der Waals surface area contributed by atoms with Gasteiger partial charge in [0, 0.05) is 56.4 Å². The lowest BCUT2D eigenvalue weighted by atomic mass is 9.30. The second kappa shape index (κ2) is 13.9. The Morgan fingerprint density at radius 1 is 0.313 bits per heavy atom. The summed E-state index contributed by atoms with van der Waals surface area (Å²) in [5, 5.41) is 2.43. The molecule has 67 heavy (non-hydrogen) atoms. The van der Waals surface area contributed by atoms with E-state index in [4.69, 9.17) is 9.47 Å². The van der Waals surface area contributed by atoms with Crippen LogP contribution in [0, 0.1) is 0 Å². The molecule has 5 heterocycles. The zero-order chi connectivity index (χ0) is 43.7. The van der Waals surface area contributed by atoms with Crippen LogP contribution in [-0.4, -0.2) is 18.0 Å². The van der Waals surface area contributed by atoms with Crippen molar-refractivity contribution in [3.05, 3.63) is 224 Å². The van der Waals surface area contributed by atoms with Crippen molar-refractivity contribution in [2.24, 2.45) is 0 Å². The predicted molar refractivity (Wildman–Crippen MR) is 278 cm³/mol. The fourth-order valence-corrected chi connectivity index (χ4v) is 11.7. The first-order valence-corrected chi connectivity index (χ1v) is 23.1. The molecule has 7 heteroatoms. The van der Waals surface area contributed by atoms with Crippen molar-refractivity contribution in [3.8, 4) is 39.8 Å². The molecule has 0 saturated heterocycles. The van der Waals surface area contributed by atoms with E-state index in [-0.39, 0.29) is 13.4 Å². The maximum absolute atomic E-state index is 7.36. The van der Waals surface area contributed by atoms with Gasteiger partial charge in [-0.3, -0.25) is 0 Å². The predicted octanol–water partition coefficient (Wildman–Crippen LogP) is 11.3. The fourth-order valence-electron chi connectivity index (χ4n) is 11.7. The number of aromatic nitrogens is 1. The number of para-hydroxylation sites is 6. The molecule has 0 fully saturated rings. The first kappa shape index (κ1) is 36.6. The summed E-state index contributed by atoms with van der Waals surface area (Å²) in [4.78, 5) is 4.94. The van der Waals surface area contributed by atoms with Gasteiger partial charge in [-0.1, -0.05) is 146 Å². The molecule has 0 unspecified atom stereocenters. The summed E-state index contributed by atoms with van der Waals surface area (Å²) in [6.45, 7) is -0.240. The van der Waals surface area contributed by atoms with Gasteiger partial charge in [0.1, 0.15) is 23.0 Å². The Morgan fingerprint density at radius 3 is 1.58 bits per heavy atom. The Hall–Kier alpha value is -8.67. The smallest absolute Gasteiger partial charge is 0.260 e. The first-order valence-electron chi connectivity index (χ1n) is 23.1. The highest BCUT2D eigenvalue weighted by Crippen LogP contribution is 2.49. The minimum atomic E-state index is -0.180. The molecule has 0 amide bonds. The molecular formula is C60H37B2N3O2. The molecule has 0 atom stereocenters. The molecule has 0 radical (unpaired) electrons. The molecule has 4 aliphatic heterocycles. The second-order valence-electron chi connectivity index (χ2n) is 17.9. The Bertz CT molecular complexity index is 3840. The van der Waals surface area contributed by atoms with E-state index in [1.165, 1.54) is 32.8 Å². The van der Waals surface area contributed by atoms with Crippen LogP contribution in [0.5, 0.6) is 23.0 Å². The van der Waals surface area contributed by atoms with Crippen LogP contribution >= 0.6 is 0 Å². The van der Waals surface area contributed by atoms with E-state index in [1.54, 1.807) is 0 Å². The van der Waals surface area contributed by atoms with E-state index < -0.39 is 0 Å². The monoisotopic (exact) mass is 853 g/mol. The van der Waals surface area contributed by atoms with E-state index in [9.17, 15) is 0 Å². The Kier molecular flexibility index (Phi) is 7.61. The SMILES string of the molecule is c1ccc(-c2ccc3c(c2)c2ccccc2n3-c2cc3c4c(c2)N(c2ccccc2)c2cc5c6c(c2B4c2ccccc2N3c2ccccc2)Oc2ccccc2B6c2ccccc2O5)cc1. The topological polar surface area (TPSA) is 29.9 Å². The number of nitrogens with zero attached hydrogens (tertiary/aromatic N) is 3. The highest BCUT2D eigenvalue weighted by Gasteiger charge is 2.50. The van der Waals surface area contributed by atoms with Gasteiger partial charge in [0.05, 0.1) is 16.7 Å². The Labute approximate surface area is 388 Å². The third kappa shape index (κ3) is 5.17. The molecule has 1 aromatic heterocycles. The molecule has 4 aliphatic rings. The van der Waals surface area contributed by atoms with Crippen LogP contribution in [0.15, 0.2) is 224 Å². The quantitative estimate of drug-likeness (QED) is 0.165. The van der Waals surface area contributed by atoms with Crippen molar-refractivity contribution in [1.29, 1.82) is 0 Å². The van der Waals surface area contributed by atoms with Crippen molar-refractivity contribution in [1.82, 2.24) is 4.57 Å². The maximum atomic E-state index is 7.36.